The number of benzene rings is 1. The fourth-order valence-corrected chi connectivity index (χ4v) is 1.71. The second kappa shape index (κ2) is 6.53. The largest absolute Gasteiger partial charge is 0.387 e. The molecule has 1 atom stereocenters. The van der Waals surface area contributed by atoms with Crippen LogP contribution in [0.4, 0.5) is 8.78 Å². The third kappa shape index (κ3) is 3.82. The maximum atomic E-state index is 13.0. The number of hydrogen-bond donors (Lipinski definition) is 2. The molecule has 20 heavy (non-hydrogen) atoms. The summed E-state index contributed by atoms with van der Waals surface area (Å²) in [5.74, 6) is -0.817. The van der Waals surface area contributed by atoms with Gasteiger partial charge in [0, 0.05) is 19.5 Å². The Kier molecular flexibility index (Phi) is 4.75. The molecule has 2 N–H and O–H groups in total. The van der Waals surface area contributed by atoms with Gasteiger partial charge < -0.3 is 14.9 Å². The molecule has 2 rings (SSSR count). The van der Waals surface area contributed by atoms with Gasteiger partial charge in [-0.2, -0.15) is 4.98 Å². The predicted molar refractivity (Wildman–Crippen MR) is 66.9 cm³/mol. The Hall–Kier alpha value is -1.86. The highest BCUT2D eigenvalue weighted by atomic mass is 19.2. The number of aliphatic hydroxyl groups excluding tert-OH is 1. The molecule has 0 radical (unpaired) electrons. The minimum atomic E-state index is -0.970. The van der Waals surface area contributed by atoms with E-state index in [2.05, 4.69) is 15.5 Å². The number of aryl methyl sites for hydroxylation is 1. The second-order valence-corrected chi connectivity index (χ2v) is 4.38. The van der Waals surface area contributed by atoms with Crippen LogP contribution in [0.5, 0.6) is 0 Å². The lowest BCUT2D eigenvalue weighted by Crippen LogP contribution is -2.24. The van der Waals surface area contributed by atoms with Gasteiger partial charge in [-0.1, -0.05) is 11.2 Å². The van der Waals surface area contributed by atoms with Crippen LogP contribution >= 0.6 is 0 Å². The van der Waals surface area contributed by atoms with Crippen molar-refractivity contribution in [2.24, 2.45) is 0 Å². The molecule has 0 aliphatic carbocycles. The van der Waals surface area contributed by atoms with Crippen molar-refractivity contribution in [2.45, 2.75) is 19.4 Å². The summed E-state index contributed by atoms with van der Waals surface area (Å²) in [7, 11) is 0. The summed E-state index contributed by atoms with van der Waals surface area (Å²) >= 11 is 0. The van der Waals surface area contributed by atoms with Crippen molar-refractivity contribution in [1.82, 2.24) is 15.5 Å². The van der Waals surface area contributed by atoms with E-state index in [-0.39, 0.29) is 6.54 Å². The number of aliphatic hydroxyl groups is 1. The van der Waals surface area contributed by atoms with Crippen LogP contribution < -0.4 is 5.32 Å². The SMILES string of the molecule is Cc1noc(CCNCC(O)c2ccc(F)c(F)c2)n1. The van der Waals surface area contributed by atoms with E-state index in [4.69, 9.17) is 4.52 Å². The Balaban J connectivity index is 1.77. The van der Waals surface area contributed by atoms with Crippen molar-refractivity contribution in [3.63, 3.8) is 0 Å². The van der Waals surface area contributed by atoms with Crippen molar-refractivity contribution in [2.75, 3.05) is 13.1 Å². The minimum absolute atomic E-state index is 0.220. The molecule has 5 nitrogen and oxygen atoms in total. The summed E-state index contributed by atoms with van der Waals surface area (Å²) in [5, 5.41) is 16.5. The van der Waals surface area contributed by atoms with Gasteiger partial charge in [-0.25, -0.2) is 8.78 Å². The normalized spacial score (nSPS) is 12.6. The van der Waals surface area contributed by atoms with Gasteiger partial charge in [0.2, 0.25) is 5.89 Å². The van der Waals surface area contributed by atoms with E-state index in [0.717, 1.165) is 12.1 Å². The molecule has 0 spiro atoms. The average molecular weight is 283 g/mol. The predicted octanol–water partition coefficient (Wildman–Crippen LogP) is 1.52. The van der Waals surface area contributed by atoms with Crippen LogP contribution in [0, 0.1) is 18.6 Å². The van der Waals surface area contributed by atoms with Crippen molar-refractivity contribution in [3.05, 3.63) is 47.1 Å². The molecule has 1 heterocycles. The van der Waals surface area contributed by atoms with Gasteiger partial charge in [0.05, 0.1) is 6.10 Å². The maximum absolute atomic E-state index is 13.0. The lowest BCUT2D eigenvalue weighted by Gasteiger charge is -2.12. The van der Waals surface area contributed by atoms with E-state index in [1.165, 1.54) is 6.07 Å². The molecule has 7 heteroatoms. The van der Waals surface area contributed by atoms with E-state index in [0.29, 0.717) is 30.2 Å². The quantitative estimate of drug-likeness (QED) is 0.787. The Morgan fingerprint density at radius 3 is 2.80 bits per heavy atom. The standard InChI is InChI=1S/C13H15F2N3O2/c1-8-17-13(20-18-8)4-5-16-7-12(19)9-2-3-10(14)11(15)6-9/h2-3,6,12,16,19H,4-5,7H2,1H3. The third-order valence-corrected chi connectivity index (χ3v) is 2.75. The van der Waals surface area contributed by atoms with Gasteiger partial charge in [-0.15, -0.1) is 0 Å². The van der Waals surface area contributed by atoms with Crippen molar-refractivity contribution in [1.29, 1.82) is 0 Å². The maximum Gasteiger partial charge on any atom is 0.227 e. The van der Waals surface area contributed by atoms with E-state index < -0.39 is 17.7 Å². The van der Waals surface area contributed by atoms with Crippen LogP contribution in [0.15, 0.2) is 22.7 Å². The molecule has 0 aliphatic rings. The lowest BCUT2D eigenvalue weighted by atomic mass is 10.1. The smallest absolute Gasteiger partial charge is 0.227 e. The summed E-state index contributed by atoms with van der Waals surface area (Å²) in [6.45, 7) is 2.48. The van der Waals surface area contributed by atoms with Crippen molar-refractivity contribution < 1.29 is 18.4 Å². The summed E-state index contributed by atoms with van der Waals surface area (Å²) in [6, 6.07) is 3.34. The average Bonchev–Trinajstić information content (AvgIpc) is 2.83. The second-order valence-electron chi connectivity index (χ2n) is 4.38. The zero-order valence-electron chi connectivity index (χ0n) is 10.9. The van der Waals surface area contributed by atoms with Crippen LogP contribution in [0.3, 0.4) is 0 Å². The van der Waals surface area contributed by atoms with Crippen molar-refractivity contribution in [3.8, 4) is 0 Å². The molecule has 1 aromatic heterocycles. The van der Waals surface area contributed by atoms with Gasteiger partial charge in [0.1, 0.15) is 0 Å². The number of rotatable bonds is 6. The summed E-state index contributed by atoms with van der Waals surface area (Å²) in [4.78, 5) is 4.04. The fraction of sp³-hybridized carbons (Fsp3) is 0.385. The Bertz CT molecular complexity index is 574. The van der Waals surface area contributed by atoms with Gasteiger partial charge in [0.25, 0.3) is 0 Å². The molecular formula is C13H15F2N3O2. The first-order valence-electron chi connectivity index (χ1n) is 6.19. The summed E-state index contributed by atoms with van der Waals surface area (Å²) < 4.78 is 30.7. The summed E-state index contributed by atoms with van der Waals surface area (Å²) in [6.07, 6.45) is -0.375. The van der Waals surface area contributed by atoms with E-state index in [1.54, 1.807) is 6.92 Å². The number of nitrogens with zero attached hydrogens (tertiary/aromatic N) is 2. The third-order valence-electron chi connectivity index (χ3n) is 2.75. The summed E-state index contributed by atoms with van der Waals surface area (Å²) in [5.41, 5.74) is 0.324. The molecule has 0 amide bonds. The monoisotopic (exact) mass is 283 g/mol. The van der Waals surface area contributed by atoms with Gasteiger partial charge in [-0.3, -0.25) is 0 Å². The minimum Gasteiger partial charge on any atom is -0.387 e. The number of nitrogens with one attached hydrogen (secondary N) is 1. The van der Waals surface area contributed by atoms with E-state index in [1.807, 2.05) is 0 Å². The van der Waals surface area contributed by atoms with Gasteiger partial charge >= 0.3 is 0 Å². The first kappa shape index (κ1) is 14.5. The Morgan fingerprint density at radius 1 is 1.35 bits per heavy atom. The van der Waals surface area contributed by atoms with Crippen LogP contribution in [0.1, 0.15) is 23.4 Å². The van der Waals surface area contributed by atoms with Crippen LogP contribution in [0.25, 0.3) is 0 Å². The number of aromatic nitrogens is 2. The highest BCUT2D eigenvalue weighted by Crippen LogP contribution is 2.15. The highest BCUT2D eigenvalue weighted by molar-refractivity contribution is 5.20. The molecule has 1 aromatic carbocycles. The topological polar surface area (TPSA) is 71.2 Å². The first-order chi connectivity index (χ1) is 9.56. The van der Waals surface area contributed by atoms with Crippen molar-refractivity contribution >= 4 is 0 Å². The highest BCUT2D eigenvalue weighted by Gasteiger charge is 2.10. The molecule has 2 aromatic rings. The van der Waals surface area contributed by atoms with Crippen LogP contribution in [-0.4, -0.2) is 28.3 Å². The van der Waals surface area contributed by atoms with E-state index >= 15 is 0 Å². The van der Waals surface area contributed by atoms with Gasteiger partial charge in [-0.05, 0) is 24.6 Å². The Labute approximate surface area is 114 Å². The van der Waals surface area contributed by atoms with E-state index in [9.17, 15) is 13.9 Å². The van der Waals surface area contributed by atoms with Gasteiger partial charge in [0.15, 0.2) is 17.5 Å². The molecule has 108 valence electrons. The molecule has 0 saturated heterocycles. The molecule has 0 saturated carbocycles. The zero-order chi connectivity index (χ0) is 14.5. The number of hydrogen-bond acceptors (Lipinski definition) is 5. The fourth-order valence-electron chi connectivity index (χ4n) is 1.71. The van der Waals surface area contributed by atoms with Crippen LogP contribution in [0.2, 0.25) is 0 Å². The molecule has 0 fully saturated rings. The molecular weight excluding hydrogens is 268 g/mol. The number of halogens is 2. The molecule has 0 bridgehead atoms. The lowest BCUT2D eigenvalue weighted by molar-refractivity contribution is 0.174. The Morgan fingerprint density at radius 2 is 2.15 bits per heavy atom. The molecule has 1 unspecified atom stereocenters. The first-order valence-corrected chi connectivity index (χ1v) is 6.19. The molecule has 0 aliphatic heterocycles. The zero-order valence-corrected chi connectivity index (χ0v) is 10.9. The van der Waals surface area contributed by atoms with Crippen LogP contribution in [-0.2, 0) is 6.42 Å².